The first-order chi connectivity index (χ1) is 9.19. The van der Waals surface area contributed by atoms with E-state index in [4.69, 9.17) is 4.74 Å². The van der Waals surface area contributed by atoms with E-state index in [1.54, 1.807) is 0 Å². The zero-order valence-corrected chi connectivity index (χ0v) is 13.3. The molecule has 0 aromatic heterocycles. The molecule has 0 saturated heterocycles. The number of halogens is 1. The molecule has 0 heterocycles. The molecule has 0 fully saturated rings. The molecule has 0 aliphatic carbocycles. The van der Waals surface area contributed by atoms with E-state index in [-0.39, 0.29) is 0 Å². The van der Waals surface area contributed by atoms with Gasteiger partial charge in [0.1, 0.15) is 5.75 Å². The molecule has 0 radical (unpaired) electrons. The Morgan fingerprint density at radius 2 is 2.00 bits per heavy atom. The van der Waals surface area contributed by atoms with Crippen molar-refractivity contribution in [1.82, 2.24) is 0 Å². The van der Waals surface area contributed by atoms with Crippen molar-refractivity contribution in [2.45, 2.75) is 39.0 Å². The topological polar surface area (TPSA) is 9.23 Å². The molecule has 0 bridgehead atoms. The van der Waals surface area contributed by atoms with Gasteiger partial charge in [-0.1, -0.05) is 73.8 Å². The lowest BCUT2D eigenvalue weighted by atomic mass is 10.1. The molecule has 0 amide bonds. The van der Waals surface area contributed by atoms with Gasteiger partial charge in [-0.05, 0) is 29.7 Å². The first kappa shape index (κ1) is 16.0. The Bertz CT molecular complexity index is 423. The Hall–Kier alpha value is -1.02. The van der Waals surface area contributed by atoms with Gasteiger partial charge in [-0.25, -0.2) is 0 Å². The lowest BCUT2D eigenvalue weighted by Crippen LogP contribution is -1.98. The van der Waals surface area contributed by atoms with Crippen molar-refractivity contribution in [1.29, 1.82) is 0 Å². The first-order valence-electron chi connectivity index (χ1n) is 6.93. The smallest absolute Gasteiger partial charge is 0.119 e. The number of ether oxygens (including phenoxy) is 1. The van der Waals surface area contributed by atoms with Crippen LogP contribution in [-0.2, 0) is 0 Å². The van der Waals surface area contributed by atoms with E-state index in [1.165, 1.54) is 25.7 Å². The third-order valence-electron chi connectivity index (χ3n) is 3.05. The van der Waals surface area contributed by atoms with Crippen LogP contribution in [0.3, 0.4) is 0 Å². The highest BCUT2D eigenvalue weighted by atomic mass is 79.9. The van der Waals surface area contributed by atoms with Gasteiger partial charge < -0.3 is 4.74 Å². The van der Waals surface area contributed by atoms with Gasteiger partial charge >= 0.3 is 0 Å². The van der Waals surface area contributed by atoms with E-state index in [2.05, 4.69) is 36.0 Å². The van der Waals surface area contributed by atoms with Gasteiger partial charge in [-0.15, -0.1) is 0 Å². The van der Waals surface area contributed by atoms with Gasteiger partial charge in [0, 0.05) is 4.48 Å². The summed E-state index contributed by atoms with van der Waals surface area (Å²) >= 11 is 3.42. The number of hydrogen-bond acceptors (Lipinski definition) is 1. The van der Waals surface area contributed by atoms with Crippen molar-refractivity contribution >= 4 is 26.5 Å². The van der Waals surface area contributed by atoms with E-state index in [0.29, 0.717) is 0 Å². The molecule has 1 aromatic rings. The normalized spacial score (nSPS) is 10.2. The Morgan fingerprint density at radius 3 is 2.63 bits per heavy atom. The van der Waals surface area contributed by atoms with Crippen molar-refractivity contribution in [3.05, 3.63) is 42.5 Å². The number of unbranched alkanes of at least 4 members (excludes halogenated alkanes) is 4. The molecule has 0 aliphatic heterocycles. The molecule has 0 saturated carbocycles. The zero-order chi connectivity index (χ0) is 14.1. The highest BCUT2D eigenvalue weighted by molar-refractivity contribution is 9.15. The summed E-state index contributed by atoms with van der Waals surface area (Å²) in [5.41, 5.74) is 2.11. The van der Waals surface area contributed by atoms with Crippen LogP contribution in [0.15, 0.2) is 31.4 Å². The second-order valence-corrected chi connectivity index (χ2v) is 5.58. The summed E-state index contributed by atoms with van der Waals surface area (Å²) in [5, 5.41) is 0. The summed E-state index contributed by atoms with van der Waals surface area (Å²) < 4.78 is 6.64. The lowest BCUT2D eigenvalue weighted by Gasteiger charge is -2.10. The van der Waals surface area contributed by atoms with E-state index >= 15 is 0 Å². The van der Waals surface area contributed by atoms with E-state index < -0.39 is 0 Å². The Labute approximate surface area is 125 Å². The summed E-state index contributed by atoms with van der Waals surface area (Å²) in [5.74, 6) is 0.900. The highest BCUT2D eigenvalue weighted by Crippen LogP contribution is 2.28. The van der Waals surface area contributed by atoms with Gasteiger partial charge in [-0.2, -0.15) is 0 Å². The van der Waals surface area contributed by atoms with Crippen LogP contribution in [0.4, 0.5) is 0 Å². The average molecular weight is 323 g/mol. The third kappa shape index (κ3) is 5.65. The van der Waals surface area contributed by atoms with E-state index in [0.717, 1.165) is 34.4 Å². The second kappa shape index (κ2) is 8.98. The Kier molecular flexibility index (Phi) is 7.57. The molecule has 0 unspecified atom stereocenters. The second-order valence-electron chi connectivity index (χ2n) is 4.62. The van der Waals surface area contributed by atoms with Crippen LogP contribution in [0.5, 0.6) is 5.75 Å². The standard InChI is InChI=1S/C17H23BrO/c1-4-6-7-8-9-12-19-16-11-10-15(5-2)17(13-16)14(3)18/h5,10-11,13H,2-4,6-9,12H2,1H3. The maximum atomic E-state index is 5.78. The van der Waals surface area contributed by atoms with Crippen molar-refractivity contribution < 1.29 is 4.74 Å². The number of benzene rings is 1. The summed E-state index contributed by atoms with van der Waals surface area (Å²) in [4.78, 5) is 0. The number of rotatable bonds is 9. The molecule has 0 N–H and O–H groups in total. The molecule has 1 aromatic carbocycles. The Balaban J connectivity index is 2.48. The SMILES string of the molecule is C=Cc1ccc(OCCCCCCC)cc1C(=C)Br. The summed E-state index contributed by atoms with van der Waals surface area (Å²) in [6.45, 7) is 10.7. The molecule has 0 spiro atoms. The van der Waals surface area contributed by atoms with Gasteiger partial charge in [0.05, 0.1) is 6.61 Å². The third-order valence-corrected chi connectivity index (χ3v) is 3.48. The molecule has 0 atom stereocenters. The highest BCUT2D eigenvalue weighted by Gasteiger charge is 2.04. The maximum Gasteiger partial charge on any atom is 0.119 e. The minimum absolute atomic E-state index is 0.783. The van der Waals surface area contributed by atoms with E-state index in [9.17, 15) is 0 Å². The molecule has 0 aliphatic rings. The van der Waals surface area contributed by atoms with Gasteiger partial charge in [0.25, 0.3) is 0 Å². The van der Waals surface area contributed by atoms with Crippen LogP contribution in [0, 0.1) is 0 Å². The van der Waals surface area contributed by atoms with Gasteiger partial charge in [0.2, 0.25) is 0 Å². The minimum Gasteiger partial charge on any atom is -0.494 e. The molecular formula is C17H23BrO. The monoisotopic (exact) mass is 322 g/mol. The summed E-state index contributed by atoms with van der Waals surface area (Å²) in [6.07, 6.45) is 8.10. The fourth-order valence-corrected chi connectivity index (χ4v) is 2.28. The van der Waals surface area contributed by atoms with Crippen LogP contribution in [0.2, 0.25) is 0 Å². The van der Waals surface area contributed by atoms with Crippen LogP contribution in [0.1, 0.15) is 50.2 Å². The van der Waals surface area contributed by atoms with Crippen LogP contribution >= 0.6 is 15.9 Å². The molecule has 1 nitrogen and oxygen atoms in total. The van der Waals surface area contributed by atoms with Crippen LogP contribution in [-0.4, -0.2) is 6.61 Å². The fourth-order valence-electron chi connectivity index (χ4n) is 1.93. The lowest BCUT2D eigenvalue weighted by molar-refractivity contribution is 0.304. The van der Waals surface area contributed by atoms with Crippen LogP contribution in [0.25, 0.3) is 10.6 Å². The molecule has 104 valence electrons. The zero-order valence-electron chi connectivity index (χ0n) is 11.8. The van der Waals surface area contributed by atoms with Crippen molar-refractivity contribution in [3.63, 3.8) is 0 Å². The van der Waals surface area contributed by atoms with Crippen LogP contribution < -0.4 is 4.74 Å². The first-order valence-corrected chi connectivity index (χ1v) is 7.72. The molecular weight excluding hydrogens is 300 g/mol. The Morgan fingerprint density at radius 1 is 1.26 bits per heavy atom. The quantitative estimate of drug-likeness (QED) is 0.503. The van der Waals surface area contributed by atoms with Crippen molar-refractivity contribution in [3.8, 4) is 5.75 Å². The maximum absolute atomic E-state index is 5.78. The molecule has 1 rings (SSSR count). The molecule has 19 heavy (non-hydrogen) atoms. The summed E-state index contributed by atoms with van der Waals surface area (Å²) in [6, 6.07) is 6.02. The number of hydrogen-bond donors (Lipinski definition) is 0. The van der Waals surface area contributed by atoms with Gasteiger partial charge in [0.15, 0.2) is 0 Å². The predicted molar refractivity (Wildman–Crippen MR) is 88.7 cm³/mol. The minimum atomic E-state index is 0.783. The molecule has 2 heteroatoms. The van der Waals surface area contributed by atoms with E-state index in [1.807, 2.05) is 24.3 Å². The fraction of sp³-hybridized carbons (Fsp3) is 0.412. The predicted octanol–water partition coefficient (Wildman–Crippen LogP) is 6.04. The largest absolute Gasteiger partial charge is 0.494 e. The summed E-state index contributed by atoms with van der Waals surface area (Å²) in [7, 11) is 0. The van der Waals surface area contributed by atoms with Gasteiger partial charge in [-0.3, -0.25) is 0 Å². The van der Waals surface area contributed by atoms with Crippen molar-refractivity contribution in [2.24, 2.45) is 0 Å². The van der Waals surface area contributed by atoms with Crippen molar-refractivity contribution in [2.75, 3.05) is 6.61 Å². The average Bonchev–Trinajstić information content (AvgIpc) is 2.42.